The maximum atomic E-state index is 12.7. The number of carbonyl (C=O) groups excluding carboxylic acids is 3. The largest absolute Gasteiger partial charge is 0.350 e. The summed E-state index contributed by atoms with van der Waals surface area (Å²) in [6.45, 7) is 15.0. The van der Waals surface area contributed by atoms with E-state index < -0.39 is 0 Å². The smallest absolute Gasteiger partial charge is 0.243 e. The lowest BCUT2D eigenvalue weighted by atomic mass is 10.1. The second kappa shape index (κ2) is 11.4. The van der Waals surface area contributed by atoms with Gasteiger partial charge in [0.15, 0.2) is 0 Å². The van der Waals surface area contributed by atoms with Crippen LogP contribution in [0.15, 0.2) is 18.2 Å². The molecule has 1 saturated heterocycles. The van der Waals surface area contributed by atoms with Crippen LogP contribution in [0.3, 0.4) is 0 Å². The maximum Gasteiger partial charge on any atom is 0.243 e. The van der Waals surface area contributed by atoms with E-state index in [1.54, 1.807) is 0 Å². The summed E-state index contributed by atoms with van der Waals surface area (Å²) in [5.74, 6) is -0.387. The molecule has 178 valence electrons. The zero-order valence-corrected chi connectivity index (χ0v) is 20.4. The van der Waals surface area contributed by atoms with Gasteiger partial charge in [0.2, 0.25) is 17.7 Å². The highest BCUT2D eigenvalue weighted by Gasteiger charge is 2.25. The molecule has 2 rings (SSSR count). The predicted molar refractivity (Wildman–Crippen MR) is 128 cm³/mol. The van der Waals surface area contributed by atoms with E-state index in [1.165, 1.54) is 0 Å². The maximum absolute atomic E-state index is 12.7. The zero-order valence-electron chi connectivity index (χ0n) is 20.4. The van der Waals surface area contributed by atoms with Gasteiger partial charge in [0, 0.05) is 30.9 Å². The number of hydrogen-bond donors (Lipinski definition) is 3. The standard InChI is InChI=1S/C24H39N5O3/c1-17-9-7-10-18(2)22(17)26-20(30)15-25-23(32)19(3)29-12-8-11-28(13-14-29)16-21(31)27-24(4,5)6/h7,9-10,19H,8,11-16H2,1-6H3,(H,25,32)(H,26,30)(H,27,31). The fourth-order valence-corrected chi connectivity index (χ4v) is 3.87. The third kappa shape index (κ3) is 8.24. The molecule has 0 aromatic heterocycles. The van der Waals surface area contributed by atoms with E-state index in [2.05, 4.69) is 25.8 Å². The van der Waals surface area contributed by atoms with Crippen molar-refractivity contribution >= 4 is 23.4 Å². The molecule has 8 heteroatoms. The Labute approximate surface area is 192 Å². The first-order valence-corrected chi connectivity index (χ1v) is 11.4. The second-order valence-corrected chi connectivity index (χ2v) is 9.67. The van der Waals surface area contributed by atoms with Gasteiger partial charge in [-0.15, -0.1) is 0 Å². The van der Waals surface area contributed by atoms with Gasteiger partial charge in [0.05, 0.1) is 19.1 Å². The molecule has 1 fully saturated rings. The minimum Gasteiger partial charge on any atom is -0.350 e. The predicted octanol–water partition coefficient (Wildman–Crippen LogP) is 1.67. The molecule has 32 heavy (non-hydrogen) atoms. The van der Waals surface area contributed by atoms with E-state index in [0.29, 0.717) is 13.1 Å². The van der Waals surface area contributed by atoms with Crippen LogP contribution in [0, 0.1) is 13.8 Å². The molecule has 1 atom stereocenters. The van der Waals surface area contributed by atoms with Crippen molar-refractivity contribution in [1.82, 2.24) is 20.4 Å². The highest BCUT2D eigenvalue weighted by molar-refractivity contribution is 5.96. The number of anilines is 1. The first kappa shape index (κ1) is 25.8. The van der Waals surface area contributed by atoms with Crippen molar-refractivity contribution in [2.45, 2.75) is 59.5 Å². The molecular formula is C24H39N5O3. The van der Waals surface area contributed by atoms with Gasteiger partial charge < -0.3 is 16.0 Å². The Bertz CT molecular complexity index is 798. The monoisotopic (exact) mass is 445 g/mol. The van der Waals surface area contributed by atoms with E-state index in [-0.39, 0.29) is 35.8 Å². The van der Waals surface area contributed by atoms with Crippen molar-refractivity contribution in [3.63, 3.8) is 0 Å². The molecule has 3 N–H and O–H groups in total. The van der Waals surface area contributed by atoms with Crippen molar-refractivity contribution in [1.29, 1.82) is 0 Å². The summed E-state index contributed by atoms with van der Waals surface area (Å²) in [6.07, 6.45) is 0.882. The molecule has 0 spiro atoms. The number of nitrogens with one attached hydrogen (secondary N) is 3. The Balaban J connectivity index is 1.80. The summed E-state index contributed by atoms with van der Waals surface area (Å²) in [6, 6.07) is 5.49. The van der Waals surface area contributed by atoms with Crippen LogP contribution in [0.5, 0.6) is 0 Å². The highest BCUT2D eigenvalue weighted by atomic mass is 16.2. The summed E-state index contributed by atoms with van der Waals surface area (Å²) in [5, 5.41) is 8.64. The minimum atomic E-state index is -0.341. The first-order chi connectivity index (χ1) is 15.0. The number of amides is 3. The lowest BCUT2D eigenvalue weighted by Gasteiger charge is -2.27. The number of rotatable bonds is 7. The summed E-state index contributed by atoms with van der Waals surface area (Å²) in [7, 11) is 0. The summed E-state index contributed by atoms with van der Waals surface area (Å²) < 4.78 is 0. The van der Waals surface area contributed by atoms with Crippen molar-refractivity contribution in [2.24, 2.45) is 0 Å². The quantitative estimate of drug-likeness (QED) is 0.594. The first-order valence-electron chi connectivity index (χ1n) is 11.4. The summed E-state index contributed by atoms with van der Waals surface area (Å²) in [5.41, 5.74) is 2.53. The van der Waals surface area contributed by atoms with Crippen molar-refractivity contribution in [3.05, 3.63) is 29.3 Å². The summed E-state index contributed by atoms with van der Waals surface area (Å²) in [4.78, 5) is 41.4. The van der Waals surface area contributed by atoms with Crippen molar-refractivity contribution < 1.29 is 14.4 Å². The van der Waals surface area contributed by atoms with Gasteiger partial charge in [0.1, 0.15) is 0 Å². The Morgan fingerprint density at radius 3 is 2.28 bits per heavy atom. The normalized spacial score (nSPS) is 16.7. The van der Waals surface area contributed by atoms with Crippen LogP contribution in [0.25, 0.3) is 0 Å². The SMILES string of the molecule is Cc1cccc(C)c1NC(=O)CNC(=O)C(C)N1CCCN(CC(=O)NC(C)(C)C)CC1. The molecule has 0 radical (unpaired) electrons. The lowest BCUT2D eigenvalue weighted by Crippen LogP contribution is -2.49. The summed E-state index contributed by atoms with van der Waals surface area (Å²) >= 11 is 0. The van der Waals surface area contributed by atoms with Gasteiger partial charge in [-0.1, -0.05) is 18.2 Å². The third-order valence-corrected chi connectivity index (χ3v) is 5.60. The molecule has 0 bridgehead atoms. The fraction of sp³-hybridized carbons (Fsp3) is 0.625. The number of carbonyl (C=O) groups is 3. The Hall–Kier alpha value is -2.45. The average molecular weight is 446 g/mol. The molecule has 1 unspecified atom stereocenters. The number of para-hydroxylation sites is 1. The molecule has 1 aromatic rings. The zero-order chi connectivity index (χ0) is 23.9. The molecule has 0 aliphatic carbocycles. The molecule has 1 aliphatic rings. The van der Waals surface area contributed by atoms with E-state index in [0.717, 1.165) is 42.9 Å². The minimum absolute atomic E-state index is 0.0200. The van der Waals surface area contributed by atoms with Crippen LogP contribution < -0.4 is 16.0 Å². The van der Waals surface area contributed by atoms with Crippen LogP contribution >= 0.6 is 0 Å². The third-order valence-electron chi connectivity index (χ3n) is 5.60. The second-order valence-electron chi connectivity index (χ2n) is 9.67. The van der Waals surface area contributed by atoms with Crippen LogP contribution in [0.2, 0.25) is 0 Å². The van der Waals surface area contributed by atoms with Gasteiger partial charge in [-0.3, -0.25) is 24.2 Å². The molecule has 1 aromatic carbocycles. The van der Waals surface area contributed by atoms with E-state index in [4.69, 9.17) is 0 Å². The molecule has 8 nitrogen and oxygen atoms in total. The Morgan fingerprint density at radius 1 is 1.00 bits per heavy atom. The van der Waals surface area contributed by atoms with Crippen LogP contribution in [-0.4, -0.2) is 78.4 Å². The Morgan fingerprint density at radius 2 is 1.66 bits per heavy atom. The van der Waals surface area contributed by atoms with Gasteiger partial charge in [-0.25, -0.2) is 0 Å². The fourth-order valence-electron chi connectivity index (χ4n) is 3.87. The molecule has 0 saturated carbocycles. The van der Waals surface area contributed by atoms with Crippen molar-refractivity contribution in [3.8, 4) is 0 Å². The number of nitrogens with zero attached hydrogens (tertiary/aromatic N) is 2. The van der Waals surface area contributed by atoms with Crippen LogP contribution in [-0.2, 0) is 14.4 Å². The van der Waals surface area contributed by atoms with Gasteiger partial charge in [-0.2, -0.15) is 0 Å². The number of hydrogen-bond acceptors (Lipinski definition) is 5. The van der Waals surface area contributed by atoms with Gasteiger partial charge in [-0.05, 0) is 65.6 Å². The van der Waals surface area contributed by atoms with E-state index in [9.17, 15) is 14.4 Å². The average Bonchev–Trinajstić information content (AvgIpc) is 2.92. The molecule has 3 amide bonds. The van der Waals surface area contributed by atoms with Gasteiger partial charge >= 0.3 is 0 Å². The van der Waals surface area contributed by atoms with Crippen LogP contribution in [0.1, 0.15) is 45.2 Å². The molecular weight excluding hydrogens is 406 g/mol. The topological polar surface area (TPSA) is 93.8 Å². The van der Waals surface area contributed by atoms with E-state index >= 15 is 0 Å². The van der Waals surface area contributed by atoms with Gasteiger partial charge in [0.25, 0.3) is 0 Å². The van der Waals surface area contributed by atoms with Crippen LogP contribution in [0.4, 0.5) is 5.69 Å². The highest BCUT2D eigenvalue weighted by Crippen LogP contribution is 2.19. The number of aryl methyl sites for hydroxylation is 2. The van der Waals surface area contributed by atoms with Crippen molar-refractivity contribution in [2.75, 3.05) is 44.6 Å². The Kier molecular flexibility index (Phi) is 9.21. The number of benzene rings is 1. The lowest BCUT2D eigenvalue weighted by molar-refractivity contribution is -0.128. The molecule has 1 aliphatic heterocycles. The van der Waals surface area contributed by atoms with E-state index in [1.807, 2.05) is 59.7 Å². The molecule has 1 heterocycles.